The quantitative estimate of drug-likeness (QED) is 0.780. The Morgan fingerprint density at radius 3 is 2.70 bits per heavy atom. The zero-order valence-electron chi connectivity index (χ0n) is 16.2. The third kappa shape index (κ3) is 4.02. The molecule has 1 fully saturated rings. The molecule has 9 nitrogen and oxygen atoms in total. The van der Waals surface area contributed by atoms with Gasteiger partial charge in [0.1, 0.15) is 5.82 Å². The number of hydrogen-bond acceptors (Lipinski definition) is 7. The third-order valence-electron chi connectivity index (χ3n) is 4.77. The van der Waals surface area contributed by atoms with Crippen molar-refractivity contribution < 1.29 is 14.6 Å². The number of nitrogens with one attached hydrogen (secondary N) is 1. The summed E-state index contributed by atoms with van der Waals surface area (Å²) in [7, 11) is 1.89. The minimum Gasteiger partial charge on any atom is -0.481 e. The van der Waals surface area contributed by atoms with Crippen LogP contribution in [0.2, 0.25) is 0 Å². The molecule has 0 spiro atoms. The highest BCUT2D eigenvalue weighted by atomic mass is 16.5. The minimum atomic E-state index is -1.09. The number of nitrogens with zero attached hydrogens (tertiary/aromatic N) is 5. The molecule has 0 amide bonds. The van der Waals surface area contributed by atoms with E-state index >= 15 is 0 Å². The lowest BCUT2D eigenvalue weighted by Crippen LogP contribution is -2.40. The number of aliphatic carboxylic acids is 1. The second-order valence-corrected chi connectivity index (χ2v) is 7.34. The van der Waals surface area contributed by atoms with Gasteiger partial charge in [-0.2, -0.15) is 10.1 Å². The van der Waals surface area contributed by atoms with E-state index in [1.807, 2.05) is 24.9 Å². The van der Waals surface area contributed by atoms with Crippen molar-refractivity contribution in [3.05, 3.63) is 29.2 Å². The Morgan fingerprint density at radius 2 is 2.11 bits per heavy atom. The fourth-order valence-electron chi connectivity index (χ4n) is 2.99. The molecular weight excluding hydrogens is 348 g/mol. The Labute approximate surface area is 158 Å². The van der Waals surface area contributed by atoms with Crippen molar-refractivity contribution in [3.8, 4) is 0 Å². The van der Waals surface area contributed by atoms with Crippen LogP contribution in [0.4, 0.5) is 11.8 Å². The molecule has 2 aromatic heterocycles. The maximum Gasteiger partial charge on any atom is 0.313 e. The summed E-state index contributed by atoms with van der Waals surface area (Å²) in [6.07, 6.45) is 1.63. The summed E-state index contributed by atoms with van der Waals surface area (Å²) in [5, 5.41) is 16.8. The maximum absolute atomic E-state index is 11.8. The van der Waals surface area contributed by atoms with Gasteiger partial charge in [0.15, 0.2) is 0 Å². The topological polar surface area (TPSA) is 107 Å². The van der Waals surface area contributed by atoms with Gasteiger partial charge in [0.25, 0.3) is 0 Å². The van der Waals surface area contributed by atoms with E-state index in [4.69, 9.17) is 9.72 Å². The number of anilines is 2. The summed E-state index contributed by atoms with van der Waals surface area (Å²) in [4.78, 5) is 24.9. The standard InChI is InChI=1S/C18H26N6O3/c1-12-9-13(22-21-12)11-23(4)17-19-10-14(18(2,3)16(25)26)15(20-17)24-5-7-27-8-6-24/h9-10H,5-8,11H2,1-4H3,(H,21,22)(H,25,26). The molecule has 3 rings (SSSR count). The number of aromatic amines is 1. The molecule has 1 saturated heterocycles. The second-order valence-electron chi connectivity index (χ2n) is 7.34. The molecule has 0 unspecified atom stereocenters. The predicted molar refractivity (Wildman–Crippen MR) is 101 cm³/mol. The van der Waals surface area contributed by atoms with Crippen molar-refractivity contribution >= 4 is 17.7 Å². The van der Waals surface area contributed by atoms with Crippen molar-refractivity contribution in [1.29, 1.82) is 0 Å². The summed E-state index contributed by atoms with van der Waals surface area (Å²) < 4.78 is 5.43. The Balaban J connectivity index is 1.95. The van der Waals surface area contributed by atoms with E-state index in [0.717, 1.165) is 11.4 Å². The van der Waals surface area contributed by atoms with E-state index in [1.54, 1.807) is 20.0 Å². The van der Waals surface area contributed by atoms with Gasteiger partial charge < -0.3 is 19.6 Å². The highest BCUT2D eigenvalue weighted by Gasteiger charge is 2.35. The van der Waals surface area contributed by atoms with Gasteiger partial charge in [-0.15, -0.1) is 0 Å². The van der Waals surface area contributed by atoms with Crippen LogP contribution in [0.25, 0.3) is 0 Å². The monoisotopic (exact) mass is 374 g/mol. The Morgan fingerprint density at radius 1 is 1.41 bits per heavy atom. The first-order chi connectivity index (χ1) is 12.8. The van der Waals surface area contributed by atoms with E-state index < -0.39 is 11.4 Å². The molecule has 27 heavy (non-hydrogen) atoms. The lowest BCUT2D eigenvalue weighted by Gasteiger charge is -2.33. The van der Waals surface area contributed by atoms with Crippen LogP contribution in [0, 0.1) is 6.92 Å². The van der Waals surface area contributed by atoms with Crippen LogP contribution >= 0.6 is 0 Å². The summed E-state index contributed by atoms with van der Waals surface area (Å²) in [6, 6.07) is 1.97. The molecule has 0 bridgehead atoms. The van der Waals surface area contributed by atoms with Crippen LogP contribution in [-0.4, -0.2) is 64.6 Å². The predicted octanol–water partition coefficient (Wildman–Crippen LogP) is 1.34. The average Bonchev–Trinajstić information content (AvgIpc) is 3.06. The molecule has 0 radical (unpaired) electrons. The fourth-order valence-corrected chi connectivity index (χ4v) is 2.99. The Kier molecular flexibility index (Phi) is 5.31. The lowest BCUT2D eigenvalue weighted by atomic mass is 9.85. The number of ether oxygens (including phenoxy) is 1. The van der Waals surface area contributed by atoms with E-state index in [1.165, 1.54) is 0 Å². The molecule has 0 atom stereocenters. The zero-order valence-corrected chi connectivity index (χ0v) is 16.2. The van der Waals surface area contributed by atoms with Crippen LogP contribution in [0.5, 0.6) is 0 Å². The van der Waals surface area contributed by atoms with Gasteiger partial charge in [0, 0.05) is 37.6 Å². The van der Waals surface area contributed by atoms with Crippen LogP contribution in [0.1, 0.15) is 30.8 Å². The number of carboxylic acid groups (broad SMARTS) is 1. The first-order valence-corrected chi connectivity index (χ1v) is 8.94. The Hall–Kier alpha value is -2.68. The number of carbonyl (C=O) groups is 1. The molecule has 9 heteroatoms. The first-order valence-electron chi connectivity index (χ1n) is 8.94. The third-order valence-corrected chi connectivity index (χ3v) is 4.77. The summed E-state index contributed by atoms with van der Waals surface area (Å²) in [6.45, 7) is 8.37. The highest BCUT2D eigenvalue weighted by molar-refractivity contribution is 5.82. The van der Waals surface area contributed by atoms with Gasteiger partial charge in [-0.1, -0.05) is 0 Å². The highest BCUT2D eigenvalue weighted by Crippen LogP contribution is 2.32. The van der Waals surface area contributed by atoms with E-state index in [-0.39, 0.29) is 0 Å². The summed E-state index contributed by atoms with van der Waals surface area (Å²) >= 11 is 0. The first kappa shape index (κ1) is 19.1. The minimum absolute atomic E-state index is 0.530. The largest absolute Gasteiger partial charge is 0.481 e. The van der Waals surface area contributed by atoms with Crippen LogP contribution in [-0.2, 0) is 21.5 Å². The summed E-state index contributed by atoms with van der Waals surface area (Å²) in [5.74, 6) is 0.275. The molecule has 0 saturated carbocycles. The number of aromatic nitrogens is 4. The van der Waals surface area contributed by atoms with Gasteiger partial charge in [-0.3, -0.25) is 9.89 Å². The normalized spacial score (nSPS) is 15.0. The van der Waals surface area contributed by atoms with Crippen molar-refractivity contribution in [2.24, 2.45) is 0 Å². The number of morpholine rings is 1. The number of rotatable bonds is 6. The van der Waals surface area contributed by atoms with Gasteiger partial charge >= 0.3 is 5.97 Å². The second kappa shape index (κ2) is 7.51. The SMILES string of the molecule is Cc1cc(CN(C)c2ncc(C(C)(C)C(=O)O)c(N3CCOCC3)n2)n[nH]1. The smallest absolute Gasteiger partial charge is 0.313 e. The van der Waals surface area contributed by atoms with Crippen LogP contribution in [0.15, 0.2) is 12.3 Å². The van der Waals surface area contributed by atoms with Crippen molar-refractivity contribution in [3.63, 3.8) is 0 Å². The van der Waals surface area contributed by atoms with Gasteiger partial charge in [-0.25, -0.2) is 4.98 Å². The van der Waals surface area contributed by atoms with Crippen LogP contribution < -0.4 is 9.80 Å². The number of aryl methyl sites for hydroxylation is 1. The van der Waals surface area contributed by atoms with Gasteiger partial charge in [0.05, 0.1) is 30.9 Å². The lowest BCUT2D eigenvalue weighted by molar-refractivity contribution is -0.142. The molecule has 1 aliphatic rings. The van der Waals surface area contributed by atoms with Crippen molar-refractivity contribution in [1.82, 2.24) is 20.2 Å². The molecule has 0 aromatic carbocycles. The van der Waals surface area contributed by atoms with Crippen LogP contribution in [0.3, 0.4) is 0 Å². The maximum atomic E-state index is 11.8. The van der Waals surface area contributed by atoms with Gasteiger partial charge in [0.2, 0.25) is 5.95 Å². The summed E-state index contributed by atoms with van der Waals surface area (Å²) in [5.41, 5.74) is 1.39. The molecule has 3 heterocycles. The zero-order chi connectivity index (χ0) is 19.6. The molecular formula is C18H26N6O3. The number of hydrogen-bond donors (Lipinski definition) is 2. The molecule has 2 aromatic rings. The molecule has 1 aliphatic heterocycles. The van der Waals surface area contributed by atoms with E-state index in [0.29, 0.717) is 50.2 Å². The molecule has 146 valence electrons. The average molecular weight is 374 g/mol. The van der Waals surface area contributed by atoms with E-state index in [9.17, 15) is 9.90 Å². The van der Waals surface area contributed by atoms with Crippen molar-refractivity contribution in [2.75, 3.05) is 43.2 Å². The van der Waals surface area contributed by atoms with E-state index in [2.05, 4.69) is 20.1 Å². The number of H-pyrrole nitrogens is 1. The molecule has 2 N–H and O–H groups in total. The fraction of sp³-hybridized carbons (Fsp3) is 0.556. The van der Waals surface area contributed by atoms with Gasteiger partial charge in [-0.05, 0) is 26.8 Å². The number of carboxylic acids is 1. The Bertz CT molecular complexity index is 813. The molecule has 0 aliphatic carbocycles. The van der Waals surface area contributed by atoms with Crippen molar-refractivity contribution in [2.45, 2.75) is 32.7 Å².